The van der Waals surface area contributed by atoms with E-state index in [1.54, 1.807) is 11.8 Å². The highest BCUT2D eigenvalue weighted by atomic mass is 32.2. The molecule has 1 heterocycles. The van der Waals surface area contributed by atoms with Gasteiger partial charge in [0, 0.05) is 23.7 Å². The summed E-state index contributed by atoms with van der Waals surface area (Å²) >= 11 is 1.69. The number of benzene rings is 1. The van der Waals surface area contributed by atoms with Gasteiger partial charge in [0.2, 0.25) is 5.91 Å². The van der Waals surface area contributed by atoms with Gasteiger partial charge < -0.3 is 10.1 Å². The number of anilines is 1. The predicted octanol–water partition coefficient (Wildman–Crippen LogP) is 2.07. The number of nitrogens with one attached hydrogen (secondary N) is 1. The van der Waals surface area contributed by atoms with Crippen LogP contribution in [0.1, 0.15) is 6.92 Å². The zero-order valence-electron chi connectivity index (χ0n) is 11.4. The molecule has 1 aromatic rings. The Morgan fingerprint density at radius 3 is 2.53 bits per heavy atom. The summed E-state index contributed by atoms with van der Waals surface area (Å²) in [5.41, 5.74) is 0.850. The van der Waals surface area contributed by atoms with Crippen molar-refractivity contribution < 1.29 is 9.53 Å². The summed E-state index contributed by atoms with van der Waals surface area (Å²) in [7, 11) is 0. The molecular formula is C14H20N2O2S. The van der Waals surface area contributed by atoms with Crippen LogP contribution in [0.15, 0.2) is 29.2 Å². The van der Waals surface area contributed by atoms with Gasteiger partial charge in [-0.2, -0.15) is 0 Å². The van der Waals surface area contributed by atoms with Crippen LogP contribution >= 0.6 is 11.8 Å². The van der Waals surface area contributed by atoms with Crippen molar-refractivity contribution in [2.45, 2.75) is 17.9 Å². The predicted molar refractivity (Wildman–Crippen MR) is 78.7 cm³/mol. The zero-order valence-corrected chi connectivity index (χ0v) is 12.2. The molecule has 104 valence electrons. The van der Waals surface area contributed by atoms with Gasteiger partial charge in [-0.05, 0) is 37.4 Å². The first-order valence-electron chi connectivity index (χ1n) is 6.47. The molecule has 0 radical (unpaired) electrons. The van der Waals surface area contributed by atoms with Crippen LogP contribution in [-0.4, -0.2) is 49.4 Å². The molecule has 2 rings (SSSR count). The fraction of sp³-hybridized carbons (Fsp3) is 0.500. The van der Waals surface area contributed by atoms with Crippen LogP contribution in [0.4, 0.5) is 5.69 Å². The topological polar surface area (TPSA) is 41.6 Å². The summed E-state index contributed by atoms with van der Waals surface area (Å²) < 4.78 is 5.30. The quantitative estimate of drug-likeness (QED) is 0.857. The molecule has 4 nitrogen and oxygen atoms in total. The summed E-state index contributed by atoms with van der Waals surface area (Å²) in [4.78, 5) is 15.5. The van der Waals surface area contributed by atoms with Gasteiger partial charge in [0.15, 0.2) is 0 Å². The van der Waals surface area contributed by atoms with Crippen LogP contribution in [0.3, 0.4) is 0 Å². The summed E-state index contributed by atoms with van der Waals surface area (Å²) in [6, 6.07) is 7.79. The van der Waals surface area contributed by atoms with Gasteiger partial charge in [-0.25, -0.2) is 0 Å². The summed E-state index contributed by atoms with van der Waals surface area (Å²) in [6.45, 7) is 5.00. The van der Waals surface area contributed by atoms with Gasteiger partial charge in [0.1, 0.15) is 0 Å². The lowest BCUT2D eigenvalue weighted by molar-refractivity contribution is -0.122. The third kappa shape index (κ3) is 3.96. The van der Waals surface area contributed by atoms with Crippen LogP contribution in [0, 0.1) is 0 Å². The van der Waals surface area contributed by atoms with Crippen LogP contribution in [-0.2, 0) is 9.53 Å². The van der Waals surface area contributed by atoms with Crippen molar-refractivity contribution in [1.82, 2.24) is 4.90 Å². The van der Waals surface area contributed by atoms with Crippen LogP contribution in [0.2, 0.25) is 0 Å². The number of morpholine rings is 1. The van der Waals surface area contributed by atoms with Gasteiger partial charge in [0.05, 0.1) is 19.3 Å². The first kappa shape index (κ1) is 14.4. The SMILES string of the molecule is CSc1ccc(NC(=O)C(C)N2CCOCC2)cc1. The minimum absolute atomic E-state index is 0.0406. The smallest absolute Gasteiger partial charge is 0.241 e. The standard InChI is InChI=1S/C14H20N2O2S/c1-11(16-7-9-18-10-8-16)14(17)15-12-3-5-13(19-2)6-4-12/h3-6,11H,7-10H2,1-2H3,(H,15,17). The molecule has 1 aliphatic heterocycles. The fourth-order valence-electron chi connectivity index (χ4n) is 2.05. The normalized spacial score (nSPS) is 18.0. The maximum atomic E-state index is 12.2. The molecule has 1 fully saturated rings. The Morgan fingerprint density at radius 2 is 1.95 bits per heavy atom. The molecule has 1 saturated heterocycles. The number of nitrogens with zero attached hydrogens (tertiary/aromatic N) is 1. The number of ether oxygens (including phenoxy) is 1. The molecule has 0 bridgehead atoms. The van der Waals surface area contributed by atoms with Crippen molar-refractivity contribution in [2.75, 3.05) is 37.9 Å². The average Bonchev–Trinajstić information content (AvgIpc) is 2.48. The van der Waals surface area contributed by atoms with Gasteiger partial charge in [-0.3, -0.25) is 9.69 Å². The number of hydrogen-bond acceptors (Lipinski definition) is 4. The number of carbonyl (C=O) groups excluding carboxylic acids is 1. The zero-order chi connectivity index (χ0) is 13.7. The third-order valence-corrected chi connectivity index (χ3v) is 4.07. The minimum Gasteiger partial charge on any atom is -0.379 e. The molecule has 0 spiro atoms. The maximum Gasteiger partial charge on any atom is 0.241 e. The first-order chi connectivity index (χ1) is 9.20. The van der Waals surface area contributed by atoms with E-state index in [-0.39, 0.29) is 11.9 Å². The molecule has 0 aromatic heterocycles. The second kappa shape index (κ2) is 6.93. The molecule has 1 unspecified atom stereocenters. The molecule has 1 N–H and O–H groups in total. The first-order valence-corrected chi connectivity index (χ1v) is 7.70. The monoisotopic (exact) mass is 280 g/mol. The van der Waals surface area contributed by atoms with E-state index in [0.717, 1.165) is 18.8 Å². The molecule has 1 atom stereocenters. The van der Waals surface area contributed by atoms with Gasteiger partial charge >= 0.3 is 0 Å². The Labute approximate surface area is 118 Å². The summed E-state index contributed by atoms with van der Waals surface area (Å²) in [6.07, 6.45) is 2.04. The van der Waals surface area contributed by atoms with Crippen molar-refractivity contribution in [1.29, 1.82) is 0 Å². The largest absolute Gasteiger partial charge is 0.379 e. The fourth-order valence-corrected chi connectivity index (χ4v) is 2.46. The highest BCUT2D eigenvalue weighted by Gasteiger charge is 2.22. The Balaban J connectivity index is 1.91. The van der Waals surface area contributed by atoms with Crippen LogP contribution in [0.25, 0.3) is 0 Å². The lowest BCUT2D eigenvalue weighted by Crippen LogP contribution is -2.47. The van der Waals surface area contributed by atoms with E-state index in [2.05, 4.69) is 10.2 Å². The number of amides is 1. The lowest BCUT2D eigenvalue weighted by atomic mass is 10.2. The van der Waals surface area contributed by atoms with E-state index < -0.39 is 0 Å². The van der Waals surface area contributed by atoms with Crippen molar-refractivity contribution in [3.05, 3.63) is 24.3 Å². The number of carbonyl (C=O) groups is 1. The van der Waals surface area contributed by atoms with E-state index in [1.165, 1.54) is 4.90 Å². The maximum absolute atomic E-state index is 12.2. The average molecular weight is 280 g/mol. The van der Waals surface area contributed by atoms with Gasteiger partial charge in [-0.1, -0.05) is 0 Å². The highest BCUT2D eigenvalue weighted by molar-refractivity contribution is 7.98. The van der Waals surface area contributed by atoms with E-state index >= 15 is 0 Å². The van der Waals surface area contributed by atoms with E-state index in [4.69, 9.17) is 4.74 Å². The highest BCUT2D eigenvalue weighted by Crippen LogP contribution is 2.18. The summed E-state index contributed by atoms with van der Waals surface area (Å²) in [5, 5.41) is 2.96. The van der Waals surface area contributed by atoms with Gasteiger partial charge in [-0.15, -0.1) is 11.8 Å². The number of thioether (sulfide) groups is 1. The molecule has 0 saturated carbocycles. The molecule has 1 amide bonds. The second-order valence-corrected chi connectivity index (χ2v) is 5.42. The molecule has 1 aliphatic rings. The Hall–Kier alpha value is -1.04. The van der Waals surface area contributed by atoms with E-state index in [0.29, 0.717) is 13.2 Å². The number of hydrogen-bond donors (Lipinski definition) is 1. The lowest BCUT2D eigenvalue weighted by Gasteiger charge is -2.31. The molecule has 0 aliphatic carbocycles. The van der Waals surface area contributed by atoms with Crippen molar-refractivity contribution in [3.8, 4) is 0 Å². The molecular weight excluding hydrogens is 260 g/mol. The minimum atomic E-state index is -0.121. The van der Waals surface area contributed by atoms with Crippen molar-refractivity contribution in [2.24, 2.45) is 0 Å². The number of rotatable bonds is 4. The van der Waals surface area contributed by atoms with Crippen LogP contribution in [0.5, 0.6) is 0 Å². The molecule has 19 heavy (non-hydrogen) atoms. The molecule has 1 aromatic carbocycles. The summed E-state index contributed by atoms with van der Waals surface area (Å²) in [5.74, 6) is 0.0406. The second-order valence-electron chi connectivity index (χ2n) is 4.54. The Bertz CT molecular complexity index is 416. The van der Waals surface area contributed by atoms with Gasteiger partial charge in [0.25, 0.3) is 0 Å². The van der Waals surface area contributed by atoms with Crippen molar-refractivity contribution in [3.63, 3.8) is 0 Å². The van der Waals surface area contributed by atoms with Crippen LogP contribution < -0.4 is 5.32 Å². The Morgan fingerprint density at radius 1 is 1.32 bits per heavy atom. The van der Waals surface area contributed by atoms with E-state index in [1.807, 2.05) is 37.4 Å². The third-order valence-electron chi connectivity index (χ3n) is 3.33. The van der Waals surface area contributed by atoms with Crippen molar-refractivity contribution >= 4 is 23.4 Å². The Kier molecular flexibility index (Phi) is 5.24. The molecule has 5 heteroatoms. The van der Waals surface area contributed by atoms with E-state index in [9.17, 15) is 4.79 Å².